The summed E-state index contributed by atoms with van der Waals surface area (Å²) in [5.74, 6) is 0. The predicted octanol–water partition coefficient (Wildman–Crippen LogP) is 3.82. The minimum atomic E-state index is -0.143. The fourth-order valence-corrected chi connectivity index (χ4v) is 1.38. The standard InChI is InChI=1S/C11H24BBrO2/c1-5-7-9-14-12(11(3,4)13)15-10-8-6-2/h5-10H2,1-4H3. The molecule has 90 valence electrons. The molecule has 0 bridgehead atoms. The monoisotopic (exact) mass is 278 g/mol. The molecule has 2 nitrogen and oxygen atoms in total. The van der Waals surface area contributed by atoms with E-state index in [4.69, 9.17) is 9.31 Å². The fourth-order valence-electron chi connectivity index (χ4n) is 1.11. The van der Waals surface area contributed by atoms with Gasteiger partial charge in [0.25, 0.3) is 0 Å². The third-order valence-corrected chi connectivity index (χ3v) is 2.47. The van der Waals surface area contributed by atoms with E-state index < -0.39 is 0 Å². The summed E-state index contributed by atoms with van der Waals surface area (Å²) in [6.45, 7) is 10.0. The van der Waals surface area contributed by atoms with E-state index >= 15 is 0 Å². The van der Waals surface area contributed by atoms with Crippen LogP contribution in [0.3, 0.4) is 0 Å². The fraction of sp³-hybridized carbons (Fsp3) is 1.00. The van der Waals surface area contributed by atoms with Crippen molar-refractivity contribution in [3.05, 3.63) is 0 Å². The number of halogens is 1. The first kappa shape index (κ1) is 15.5. The van der Waals surface area contributed by atoms with Crippen molar-refractivity contribution in [1.82, 2.24) is 0 Å². The first-order chi connectivity index (χ1) is 7.02. The van der Waals surface area contributed by atoms with Gasteiger partial charge in [0.1, 0.15) is 0 Å². The van der Waals surface area contributed by atoms with E-state index in [1.807, 2.05) is 0 Å². The lowest BCUT2D eigenvalue weighted by molar-refractivity contribution is 0.184. The Balaban J connectivity index is 3.85. The second-order valence-electron chi connectivity index (χ2n) is 4.35. The van der Waals surface area contributed by atoms with Crippen LogP contribution in [-0.4, -0.2) is 24.6 Å². The van der Waals surface area contributed by atoms with Gasteiger partial charge in [-0.15, -0.1) is 0 Å². The Morgan fingerprint density at radius 2 is 1.40 bits per heavy atom. The molecule has 0 spiro atoms. The summed E-state index contributed by atoms with van der Waals surface area (Å²) >= 11 is 3.60. The number of hydrogen-bond acceptors (Lipinski definition) is 2. The van der Waals surface area contributed by atoms with Gasteiger partial charge in [-0.2, -0.15) is 0 Å². The highest BCUT2D eigenvalue weighted by Gasteiger charge is 2.35. The highest BCUT2D eigenvalue weighted by Crippen LogP contribution is 2.21. The molecular formula is C11H24BBrO2. The summed E-state index contributed by atoms with van der Waals surface area (Å²) in [5.41, 5.74) is 0. The Kier molecular flexibility index (Phi) is 8.86. The van der Waals surface area contributed by atoms with Gasteiger partial charge in [-0.3, -0.25) is 0 Å². The zero-order valence-electron chi connectivity index (χ0n) is 10.5. The lowest BCUT2D eigenvalue weighted by atomic mass is 9.74. The average molecular weight is 279 g/mol. The van der Waals surface area contributed by atoms with Crippen LogP contribution in [-0.2, 0) is 9.31 Å². The third kappa shape index (κ3) is 8.29. The van der Waals surface area contributed by atoms with Gasteiger partial charge in [0.15, 0.2) is 0 Å². The third-order valence-electron chi connectivity index (χ3n) is 2.09. The van der Waals surface area contributed by atoms with Crippen LogP contribution >= 0.6 is 15.9 Å². The van der Waals surface area contributed by atoms with Crippen molar-refractivity contribution in [2.45, 2.75) is 57.6 Å². The highest BCUT2D eigenvalue weighted by molar-refractivity contribution is 9.10. The summed E-state index contributed by atoms with van der Waals surface area (Å²) in [6.07, 6.45) is 4.50. The molecule has 0 rings (SSSR count). The minimum absolute atomic E-state index is 0.117. The molecule has 0 aliphatic heterocycles. The molecule has 0 aromatic carbocycles. The van der Waals surface area contributed by atoms with Gasteiger partial charge < -0.3 is 9.31 Å². The lowest BCUT2D eigenvalue weighted by Gasteiger charge is -2.24. The molecule has 0 amide bonds. The van der Waals surface area contributed by atoms with E-state index in [0.29, 0.717) is 0 Å². The molecule has 0 aromatic rings. The van der Waals surface area contributed by atoms with Crippen molar-refractivity contribution < 1.29 is 9.31 Å². The second-order valence-corrected chi connectivity index (χ2v) is 6.39. The van der Waals surface area contributed by atoms with Crippen LogP contribution in [0.2, 0.25) is 0 Å². The first-order valence-corrected chi connectivity index (χ1v) is 6.73. The van der Waals surface area contributed by atoms with Gasteiger partial charge in [0.05, 0.1) is 4.22 Å². The average Bonchev–Trinajstić information content (AvgIpc) is 2.14. The van der Waals surface area contributed by atoms with E-state index in [9.17, 15) is 0 Å². The van der Waals surface area contributed by atoms with Gasteiger partial charge in [-0.05, 0) is 12.8 Å². The van der Waals surface area contributed by atoms with E-state index in [0.717, 1.165) is 38.9 Å². The van der Waals surface area contributed by atoms with Crippen LogP contribution in [0.1, 0.15) is 53.4 Å². The summed E-state index contributed by atoms with van der Waals surface area (Å²) in [6, 6.07) is 0. The second kappa shape index (κ2) is 8.60. The van der Waals surface area contributed by atoms with Gasteiger partial charge in [0, 0.05) is 13.2 Å². The van der Waals surface area contributed by atoms with Gasteiger partial charge in [-0.25, -0.2) is 0 Å². The molecule has 0 radical (unpaired) electrons. The molecule has 0 heterocycles. The summed E-state index contributed by atoms with van der Waals surface area (Å²) < 4.78 is 11.3. The zero-order valence-corrected chi connectivity index (χ0v) is 12.1. The molecule has 0 saturated heterocycles. The smallest absolute Gasteiger partial charge is 0.410 e. The summed E-state index contributed by atoms with van der Waals surface area (Å²) in [4.78, 5) is 0. The number of alkyl halides is 1. The molecule has 15 heavy (non-hydrogen) atoms. The van der Waals surface area contributed by atoms with Crippen LogP contribution in [0.5, 0.6) is 0 Å². The SMILES string of the molecule is CCCCOB(OCCCC)C(C)(C)Br. The molecule has 0 atom stereocenters. The van der Waals surface area contributed by atoms with Crippen LogP contribution in [0.25, 0.3) is 0 Å². The van der Waals surface area contributed by atoms with E-state index in [1.54, 1.807) is 0 Å². The Labute approximate surface area is 103 Å². The van der Waals surface area contributed by atoms with Crippen LogP contribution in [0.4, 0.5) is 0 Å². The largest absolute Gasteiger partial charge is 0.474 e. The molecule has 0 saturated carbocycles. The molecule has 0 aliphatic carbocycles. The maximum Gasteiger partial charge on any atom is 0.474 e. The van der Waals surface area contributed by atoms with E-state index in [1.165, 1.54) is 0 Å². The molecule has 4 heteroatoms. The summed E-state index contributed by atoms with van der Waals surface area (Å²) in [7, 11) is -0.143. The minimum Gasteiger partial charge on any atom is -0.410 e. The van der Waals surface area contributed by atoms with E-state index in [-0.39, 0.29) is 11.3 Å². The maximum absolute atomic E-state index is 5.72. The van der Waals surface area contributed by atoms with Crippen molar-refractivity contribution in [2.24, 2.45) is 0 Å². The Bertz CT molecular complexity index is 138. The van der Waals surface area contributed by atoms with Crippen LogP contribution in [0, 0.1) is 0 Å². The summed E-state index contributed by atoms with van der Waals surface area (Å²) in [5, 5.41) is 0. The molecular weight excluding hydrogens is 255 g/mol. The van der Waals surface area contributed by atoms with Crippen molar-refractivity contribution in [3.8, 4) is 0 Å². The Morgan fingerprint density at radius 3 is 1.67 bits per heavy atom. The number of rotatable bonds is 9. The predicted molar refractivity (Wildman–Crippen MR) is 70.5 cm³/mol. The first-order valence-electron chi connectivity index (χ1n) is 5.94. The molecule has 0 aliphatic rings. The molecule has 0 fully saturated rings. The van der Waals surface area contributed by atoms with Crippen molar-refractivity contribution in [1.29, 1.82) is 0 Å². The Hall–Kier alpha value is 0.465. The van der Waals surface area contributed by atoms with Crippen LogP contribution in [0.15, 0.2) is 0 Å². The van der Waals surface area contributed by atoms with Crippen molar-refractivity contribution in [2.75, 3.05) is 13.2 Å². The molecule has 0 N–H and O–H groups in total. The topological polar surface area (TPSA) is 18.5 Å². The zero-order chi connectivity index (χ0) is 11.7. The Morgan fingerprint density at radius 1 is 1.00 bits per heavy atom. The normalized spacial score (nSPS) is 11.8. The highest BCUT2D eigenvalue weighted by atomic mass is 79.9. The maximum atomic E-state index is 5.72. The lowest BCUT2D eigenvalue weighted by Crippen LogP contribution is -2.41. The van der Waals surface area contributed by atoms with Crippen LogP contribution < -0.4 is 0 Å². The van der Waals surface area contributed by atoms with Crippen molar-refractivity contribution >= 4 is 23.0 Å². The van der Waals surface area contributed by atoms with E-state index in [2.05, 4.69) is 43.6 Å². The molecule has 0 aromatic heterocycles. The number of hydrogen-bond donors (Lipinski definition) is 0. The van der Waals surface area contributed by atoms with Gasteiger partial charge in [0.2, 0.25) is 0 Å². The van der Waals surface area contributed by atoms with Gasteiger partial charge in [-0.1, -0.05) is 56.5 Å². The number of unbranched alkanes of at least 4 members (excludes halogenated alkanes) is 2. The van der Waals surface area contributed by atoms with Crippen molar-refractivity contribution in [3.63, 3.8) is 0 Å². The van der Waals surface area contributed by atoms with Gasteiger partial charge >= 0.3 is 7.12 Å². The molecule has 0 unspecified atom stereocenters. The quantitative estimate of drug-likeness (QED) is 0.363.